The van der Waals surface area contributed by atoms with Crippen molar-refractivity contribution in [3.05, 3.63) is 48.6 Å². The Morgan fingerprint density at radius 1 is 0.253 bits per heavy atom. The average Bonchev–Trinajstić information content (AvgIpc) is 3.45. The van der Waals surface area contributed by atoms with E-state index in [0.717, 1.165) is 83.5 Å². The van der Waals surface area contributed by atoms with Gasteiger partial charge in [-0.2, -0.15) is 0 Å². The molecule has 0 amide bonds. The normalized spacial score (nSPS) is 12.3. The maximum atomic E-state index is 12.9. The molecule has 0 bridgehead atoms. The molecule has 0 spiro atoms. The van der Waals surface area contributed by atoms with Gasteiger partial charge in [-0.1, -0.05) is 313 Å². The summed E-state index contributed by atoms with van der Waals surface area (Å²) in [4.78, 5) is 38.4. The van der Waals surface area contributed by atoms with Crippen LogP contribution in [0.15, 0.2) is 48.6 Å². The second-order valence-electron chi connectivity index (χ2n) is 23.8. The van der Waals surface area contributed by atoms with Gasteiger partial charge in [-0.3, -0.25) is 14.4 Å². The zero-order valence-corrected chi connectivity index (χ0v) is 53.2. The van der Waals surface area contributed by atoms with Gasteiger partial charge in [-0.05, 0) is 96.3 Å². The van der Waals surface area contributed by atoms with Crippen LogP contribution in [0, 0.1) is 0 Å². The third-order valence-electron chi connectivity index (χ3n) is 15.8. The molecule has 0 aliphatic rings. The Kier molecular flexibility index (Phi) is 65.6. The highest BCUT2D eigenvalue weighted by molar-refractivity contribution is 5.71. The molecule has 462 valence electrons. The van der Waals surface area contributed by atoms with Gasteiger partial charge < -0.3 is 14.2 Å². The number of hydrogen-bond acceptors (Lipinski definition) is 6. The van der Waals surface area contributed by atoms with Crippen molar-refractivity contribution >= 4 is 17.9 Å². The van der Waals surface area contributed by atoms with Crippen LogP contribution in [0.1, 0.15) is 380 Å². The van der Waals surface area contributed by atoms with Crippen LogP contribution in [-0.2, 0) is 28.6 Å². The number of carbonyl (C=O) groups excluding carboxylic acids is 3. The number of rotatable bonds is 65. The van der Waals surface area contributed by atoms with E-state index in [1.807, 2.05) is 0 Å². The van der Waals surface area contributed by atoms with Crippen molar-refractivity contribution in [2.24, 2.45) is 0 Å². The Balaban J connectivity index is 4.25. The maximum absolute atomic E-state index is 12.9. The molecule has 0 aromatic rings. The smallest absolute Gasteiger partial charge is 0.306 e. The SMILES string of the molecule is CCC/C=C\C/C=C\CCCCCCCC(=O)OCC(COC(=O)CCCCCCCCCCCCCCC/C=C\CCCCCCCCCC)OC(=O)CCCCCCCCCCCCC/C=C\CCCCCCCCCC. The molecular weight excluding hydrogens is 973 g/mol. The predicted octanol–water partition coefficient (Wildman–Crippen LogP) is 24.1. The first-order valence-electron chi connectivity index (χ1n) is 35.1. The number of ether oxygens (including phenoxy) is 3. The fraction of sp³-hybridized carbons (Fsp3) is 0.849. The third-order valence-corrected chi connectivity index (χ3v) is 15.8. The van der Waals surface area contributed by atoms with Gasteiger partial charge in [-0.15, -0.1) is 0 Å². The molecule has 0 saturated carbocycles. The van der Waals surface area contributed by atoms with Gasteiger partial charge in [0.25, 0.3) is 0 Å². The van der Waals surface area contributed by atoms with Crippen LogP contribution in [0.2, 0.25) is 0 Å². The molecule has 1 unspecified atom stereocenters. The van der Waals surface area contributed by atoms with Crippen LogP contribution in [0.4, 0.5) is 0 Å². The number of allylic oxidation sites excluding steroid dienone is 8. The van der Waals surface area contributed by atoms with Crippen LogP contribution in [0.25, 0.3) is 0 Å². The van der Waals surface area contributed by atoms with Crippen molar-refractivity contribution in [3.8, 4) is 0 Å². The summed E-state index contributed by atoms with van der Waals surface area (Å²) < 4.78 is 17.0. The van der Waals surface area contributed by atoms with Gasteiger partial charge in [0.2, 0.25) is 0 Å². The van der Waals surface area contributed by atoms with Crippen molar-refractivity contribution < 1.29 is 28.6 Å². The van der Waals surface area contributed by atoms with Crippen molar-refractivity contribution in [2.75, 3.05) is 13.2 Å². The van der Waals surface area contributed by atoms with E-state index in [-0.39, 0.29) is 31.1 Å². The molecule has 79 heavy (non-hydrogen) atoms. The number of unbranched alkanes of at least 4 members (excludes halogenated alkanes) is 46. The van der Waals surface area contributed by atoms with Crippen LogP contribution in [0.3, 0.4) is 0 Å². The van der Waals surface area contributed by atoms with E-state index in [0.29, 0.717) is 19.3 Å². The van der Waals surface area contributed by atoms with Gasteiger partial charge in [0.15, 0.2) is 6.10 Å². The van der Waals surface area contributed by atoms with E-state index in [4.69, 9.17) is 14.2 Å². The quantitative estimate of drug-likeness (QED) is 0.0261. The molecule has 0 fully saturated rings. The summed E-state index contributed by atoms with van der Waals surface area (Å²) in [6, 6.07) is 0. The molecule has 0 rings (SSSR count). The molecule has 6 heteroatoms. The number of hydrogen-bond donors (Lipinski definition) is 0. The summed E-state index contributed by atoms with van der Waals surface area (Å²) in [6.45, 7) is 6.63. The lowest BCUT2D eigenvalue weighted by atomic mass is 10.0. The van der Waals surface area contributed by atoms with Gasteiger partial charge in [-0.25, -0.2) is 0 Å². The van der Waals surface area contributed by atoms with E-state index in [1.165, 1.54) is 257 Å². The van der Waals surface area contributed by atoms with Crippen molar-refractivity contribution in [1.29, 1.82) is 0 Å². The molecule has 0 aromatic carbocycles. The first-order chi connectivity index (χ1) is 39.0. The van der Waals surface area contributed by atoms with E-state index >= 15 is 0 Å². The minimum absolute atomic E-state index is 0.0748. The van der Waals surface area contributed by atoms with Gasteiger partial charge in [0.1, 0.15) is 13.2 Å². The van der Waals surface area contributed by atoms with Crippen molar-refractivity contribution in [2.45, 2.75) is 386 Å². The van der Waals surface area contributed by atoms with Gasteiger partial charge >= 0.3 is 17.9 Å². The number of carbonyl (C=O) groups is 3. The van der Waals surface area contributed by atoms with E-state index < -0.39 is 6.10 Å². The second-order valence-corrected chi connectivity index (χ2v) is 23.8. The van der Waals surface area contributed by atoms with Crippen molar-refractivity contribution in [1.82, 2.24) is 0 Å². The molecule has 0 N–H and O–H groups in total. The first-order valence-corrected chi connectivity index (χ1v) is 35.1. The van der Waals surface area contributed by atoms with Gasteiger partial charge in [0.05, 0.1) is 0 Å². The summed E-state index contributed by atoms with van der Waals surface area (Å²) in [5, 5.41) is 0. The zero-order valence-electron chi connectivity index (χ0n) is 53.2. The summed E-state index contributed by atoms with van der Waals surface area (Å²) in [6.07, 6.45) is 85.7. The Morgan fingerprint density at radius 2 is 0.481 bits per heavy atom. The minimum atomic E-state index is -0.780. The van der Waals surface area contributed by atoms with Crippen LogP contribution < -0.4 is 0 Å². The Bertz CT molecular complexity index is 1360. The largest absolute Gasteiger partial charge is 0.462 e. The van der Waals surface area contributed by atoms with E-state index in [9.17, 15) is 14.4 Å². The first kappa shape index (κ1) is 76.4. The van der Waals surface area contributed by atoms with Crippen LogP contribution in [0.5, 0.6) is 0 Å². The fourth-order valence-electron chi connectivity index (χ4n) is 10.5. The van der Waals surface area contributed by atoms with Crippen molar-refractivity contribution in [3.63, 3.8) is 0 Å². The van der Waals surface area contributed by atoms with E-state index in [1.54, 1.807) is 0 Å². The zero-order chi connectivity index (χ0) is 57.1. The highest BCUT2D eigenvalue weighted by Gasteiger charge is 2.19. The topological polar surface area (TPSA) is 78.9 Å². The lowest BCUT2D eigenvalue weighted by Gasteiger charge is -2.18. The lowest BCUT2D eigenvalue weighted by Crippen LogP contribution is -2.30. The molecule has 0 radical (unpaired) electrons. The molecule has 0 aliphatic heterocycles. The monoisotopic (exact) mass is 1110 g/mol. The summed E-state index contributed by atoms with van der Waals surface area (Å²) in [5.41, 5.74) is 0. The number of esters is 3. The van der Waals surface area contributed by atoms with Crippen LogP contribution in [-0.4, -0.2) is 37.2 Å². The molecule has 0 heterocycles. The highest BCUT2D eigenvalue weighted by atomic mass is 16.6. The van der Waals surface area contributed by atoms with Crippen LogP contribution >= 0.6 is 0 Å². The third kappa shape index (κ3) is 66.1. The minimum Gasteiger partial charge on any atom is -0.462 e. The fourth-order valence-corrected chi connectivity index (χ4v) is 10.5. The second kappa shape index (κ2) is 67.9. The molecule has 1 atom stereocenters. The molecule has 0 saturated heterocycles. The predicted molar refractivity (Wildman–Crippen MR) is 344 cm³/mol. The maximum Gasteiger partial charge on any atom is 0.306 e. The summed E-state index contributed by atoms with van der Waals surface area (Å²) in [5.74, 6) is -0.867. The Labute approximate surface area is 492 Å². The van der Waals surface area contributed by atoms with E-state index in [2.05, 4.69) is 69.4 Å². The summed E-state index contributed by atoms with van der Waals surface area (Å²) in [7, 11) is 0. The Hall–Kier alpha value is -2.63. The molecule has 0 aliphatic carbocycles. The lowest BCUT2D eigenvalue weighted by molar-refractivity contribution is -0.167. The molecule has 0 aromatic heterocycles. The average molecular weight is 1110 g/mol. The molecule has 6 nitrogen and oxygen atoms in total. The van der Waals surface area contributed by atoms with Gasteiger partial charge in [0, 0.05) is 19.3 Å². The standard InChI is InChI=1S/C73H134O6/c1-4-7-10-13-16-19-22-25-27-29-31-33-35-36-38-39-41-43-45-48-51-54-57-60-63-66-72(75)78-69-70(68-77-71(74)65-62-59-56-53-50-47-24-21-18-15-12-9-6-3)79-73(76)67-64-61-58-55-52-49-46-44-42-40-37-34-32-30-28-26-23-20-17-14-11-8-5-2/h12,15,21,24,29-32,70H,4-11,13-14,16-20,22-23,25-28,33-69H2,1-3H3/b15-12-,24-21-,31-29-,32-30-. The Morgan fingerprint density at radius 3 is 0.759 bits per heavy atom. The summed E-state index contributed by atoms with van der Waals surface area (Å²) >= 11 is 0. The molecular formula is C73H134O6. The highest BCUT2D eigenvalue weighted by Crippen LogP contribution is 2.18.